The predicted molar refractivity (Wildman–Crippen MR) is 66.6 cm³/mol. The maximum Gasteiger partial charge on any atom is 0.362 e. The zero-order valence-electron chi connectivity index (χ0n) is 10.9. The summed E-state index contributed by atoms with van der Waals surface area (Å²) in [5.41, 5.74) is -1.57. The predicted octanol–water partition coefficient (Wildman–Crippen LogP) is 0.0492. The number of hydrogen-bond acceptors (Lipinski definition) is 7. The molecule has 1 aromatic heterocycles. The normalized spacial score (nSPS) is 21.5. The Morgan fingerprint density at radius 1 is 1.50 bits per heavy atom. The molecule has 0 amide bonds. The van der Waals surface area contributed by atoms with Crippen LogP contribution in [0.2, 0.25) is 0 Å². The molecule has 0 saturated heterocycles. The van der Waals surface area contributed by atoms with Crippen molar-refractivity contribution in [3.05, 3.63) is 30.1 Å². The van der Waals surface area contributed by atoms with Gasteiger partial charge in [0.25, 0.3) is 5.72 Å². The Hall–Kier alpha value is -2.48. The first-order valence-electron chi connectivity index (χ1n) is 5.73. The van der Waals surface area contributed by atoms with Crippen molar-refractivity contribution in [2.45, 2.75) is 12.1 Å². The summed E-state index contributed by atoms with van der Waals surface area (Å²) in [6.07, 6.45) is 1.02. The average molecular weight is 279 g/mol. The van der Waals surface area contributed by atoms with Crippen molar-refractivity contribution in [3.63, 3.8) is 0 Å². The van der Waals surface area contributed by atoms with E-state index in [4.69, 9.17) is 4.84 Å². The van der Waals surface area contributed by atoms with Crippen LogP contribution in [0, 0.1) is 0 Å². The number of carboxylic acids is 1. The van der Waals surface area contributed by atoms with Gasteiger partial charge in [0.05, 0.1) is 7.11 Å². The van der Waals surface area contributed by atoms with E-state index in [2.05, 4.69) is 14.7 Å². The molecule has 0 radical (unpaired) electrons. The minimum Gasteiger partial charge on any atom is -0.478 e. The Morgan fingerprint density at radius 3 is 2.80 bits per heavy atom. The Morgan fingerprint density at radius 2 is 2.25 bits per heavy atom. The molecule has 8 nitrogen and oxygen atoms in total. The molecular formula is C12H13N3O5. The van der Waals surface area contributed by atoms with Crippen molar-refractivity contribution in [2.75, 3.05) is 14.2 Å². The average Bonchev–Trinajstić information content (AvgIpc) is 2.78. The second-order valence-corrected chi connectivity index (χ2v) is 4.08. The molecule has 0 fully saturated rings. The summed E-state index contributed by atoms with van der Waals surface area (Å²) in [5, 5.41) is 10.5. The van der Waals surface area contributed by atoms with E-state index in [1.165, 1.54) is 19.2 Å². The lowest BCUT2D eigenvalue weighted by atomic mass is 10.1. The van der Waals surface area contributed by atoms with Crippen molar-refractivity contribution in [1.82, 2.24) is 10.0 Å². The van der Waals surface area contributed by atoms with Crippen molar-refractivity contribution < 1.29 is 24.3 Å². The lowest BCUT2D eigenvalue weighted by Gasteiger charge is -2.20. The van der Waals surface area contributed by atoms with Crippen LogP contribution in [0.3, 0.4) is 0 Å². The molecule has 106 valence electrons. The first-order chi connectivity index (χ1) is 9.48. The molecule has 1 aliphatic rings. The first kappa shape index (κ1) is 13.9. The number of pyridine rings is 1. The molecule has 0 aromatic carbocycles. The van der Waals surface area contributed by atoms with Crippen LogP contribution in [0.15, 0.2) is 29.4 Å². The van der Waals surface area contributed by atoms with E-state index < -0.39 is 24.1 Å². The van der Waals surface area contributed by atoms with Crippen LogP contribution < -0.4 is 0 Å². The summed E-state index contributed by atoms with van der Waals surface area (Å²) >= 11 is 0. The van der Waals surface area contributed by atoms with Crippen LogP contribution in [0.5, 0.6) is 0 Å². The molecule has 8 heteroatoms. The number of hydroxylamine groups is 2. The van der Waals surface area contributed by atoms with Gasteiger partial charge in [0.1, 0.15) is 12.1 Å². The van der Waals surface area contributed by atoms with Gasteiger partial charge >= 0.3 is 11.9 Å². The van der Waals surface area contributed by atoms with Crippen LogP contribution >= 0.6 is 0 Å². The number of aliphatic carboxylic acids is 1. The number of ether oxygens (including phenoxy) is 1. The monoisotopic (exact) mass is 279 g/mol. The van der Waals surface area contributed by atoms with Gasteiger partial charge in [-0.3, -0.25) is 9.78 Å². The highest BCUT2D eigenvalue weighted by Gasteiger charge is 2.50. The minimum absolute atomic E-state index is 0.233. The number of aliphatic imine (C=N–C) groups is 1. The van der Waals surface area contributed by atoms with Crippen LogP contribution in [-0.2, 0) is 19.2 Å². The number of nitrogens with zero attached hydrogens (tertiary/aromatic N) is 3. The minimum atomic E-state index is -2.02. The van der Waals surface area contributed by atoms with Gasteiger partial charge in [-0.25, -0.2) is 19.7 Å². The van der Waals surface area contributed by atoms with E-state index in [-0.39, 0.29) is 5.84 Å². The standard InChI is InChI=1S/C12H13N3O5/c1-15-10(8-5-3-4-6-13-8)14-12(20-15,11(17)18)7-9(16)19-2/h3-6H,7H2,1-2H3,(H,17,18). The third kappa shape index (κ3) is 2.45. The van der Waals surface area contributed by atoms with Gasteiger partial charge in [0, 0.05) is 13.2 Å². The molecule has 1 aliphatic heterocycles. The molecule has 1 N–H and O–H groups in total. The lowest BCUT2D eigenvalue weighted by Crippen LogP contribution is -2.41. The quantitative estimate of drug-likeness (QED) is 0.777. The summed E-state index contributed by atoms with van der Waals surface area (Å²) in [5.74, 6) is -1.87. The van der Waals surface area contributed by atoms with Gasteiger partial charge in [-0.2, -0.15) is 0 Å². The highest BCUT2D eigenvalue weighted by atomic mass is 16.7. The third-order valence-corrected chi connectivity index (χ3v) is 2.71. The number of aromatic nitrogens is 1. The summed E-state index contributed by atoms with van der Waals surface area (Å²) in [6, 6.07) is 5.12. The Kier molecular flexibility index (Phi) is 3.66. The first-order valence-corrected chi connectivity index (χ1v) is 5.73. The fourth-order valence-electron chi connectivity index (χ4n) is 1.75. The molecule has 0 saturated carbocycles. The zero-order chi connectivity index (χ0) is 14.8. The summed E-state index contributed by atoms with van der Waals surface area (Å²) in [4.78, 5) is 36.1. The molecule has 0 aliphatic carbocycles. The van der Waals surface area contributed by atoms with Gasteiger partial charge in [0.15, 0.2) is 5.84 Å². The summed E-state index contributed by atoms with van der Waals surface area (Å²) < 4.78 is 4.48. The van der Waals surface area contributed by atoms with Crippen LogP contribution in [0.25, 0.3) is 0 Å². The van der Waals surface area contributed by atoms with Gasteiger partial charge in [-0.1, -0.05) is 6.07 Å². The topological polar surface area (TPSA) is 101 Å². The second-order valence-electron chi connectivity index (χ2n) is 4.08. The molecule has 2 rings (SSSR count). The third-order valence-electron chi connectivity index (χ3n) is 2.71. The number of carbonyl (C=O) groups excluding carboxylic acids is 1. The molecule has 1 unspecified atom stereocenters. The lowest BCUT2D eigenvalue weighted by molar-refractivity contribution is -0.203. The second kappa shape index (κ2) is 5.25. The zero-order valence-corrected chi connectivity index (χ0v) is 10.9. The fourth-order valence-corrected chi connectivity index (χ4v) is 1.75. The number of hydrogen-bond donors (Lipinski definition) is 1. The largest absolute Gasteiger partial charge is 0.478 e. The Bertz CT molecular complexity index is 559. The molecule has 1 atom stereocenters. The molecule has 1 aromatic rings. The molecular weight excluding hydrogens is 266 g/mol. The summed E-state index contributed by atoms with van der Waals surface area (Å²) in [6.45, 7) is 0. The van der Waals surface area contributed by atoms with E-state index in [1.54, 1.807) is 24.4 Å². The van der Waals surface area contributed by atoms with Crippen LogP contribution in [0.1, 0.15) is 12.1 Å². The number of amidine groups is 1. The Labute approximate surface area is 114 Å². The molecule has 0 bridgehead atoms. The molecule has 2 heterocycles. The van der Waals surface area contributed by atoms with Crippen molar-refractivity contribution in [3.8, 4) is 0 Å². The van der Waals surface area contributed by atoms with E-state index in [9.17, 15) is 14.7 Å². The number of carboxylic acid groups (broad SMARTS) is 1. The van der Waals surface area contributed by atoms with E-state index in [0.29, 0.717) is 5.69 Å². The van der Waals surface area contributed by atoms with E-state index >= 15 is 0 Å². The van der Waals surface area contributed by atoms with Crippen LogP contribution in [0.4, 0.5) is 0 Å². The number of methoxy groups -OCH3 is 1. The smallest absolute Gasteiger partial charge is 0.362 e. The molecule has 20 heavy (non-hydrogen) atoms. The van der Waals surface area contributed by atoms with Gasteiger partial charge in [0.2, 0.25) is 0 Å². The fraction of sp³-hybridized carbons (Fsp3) is 0.333. The summed E-state index contributed by atoms with van der Waals surface area (Å²) in [7, 11) is 2.66. The molecule has 0 spiro atoms. The van der Waals surface area contributed by atoms with Crippen molar-refractivity contribution in [1.29, 1.82) is 0 Å². The van der Waals surface area contributed by atoms with Gasteiger partial charge in [-0.05, 0) is 12.1 Å². The number of rotatable bonds is 4. The SMILES string of the molecule is COC(=O)CC1(C(=O)O)N=C(c2ccccn2)N(C)O1. The number of esters is 1. The van der Waals surface area contributed by atoms with Crippen molar-refractivity contribution >= 4 is 17.8 Å². The maximum atomic E-state index is 11.4. The van der Waals surface area contributed by atoms with Crippen LogP contribution in [-0.4, -0.2) is 52.8 Å². The number of carbonyl (C=O) groups is 2. The maximum absolute atomic E-state index is 11.4. The highest BCUT2D eigenvalue weighted by molar-refractivity contribution is 6.00. The van der Waals surface area contributed by atoms with Crippen molar-refractivity contribution in [2.24, 2.45) is 4.99 Å². The van der Waals surface area contributed by atoms with E-state index in [1.807, 2.05) is 0 Å². The van der Waals surface area contributed by atoms with Gasteiger partial charge < -0.3 is 9.84 Å². The van der Waals surface area contributed by atoms with Gasteiger partial charge in [-0.15, -0.1) is 0 Å². The van der Waals surface area contributed by atoms with E-state index in [0.717, 1.165) is 0 Å². The highest BCUT2D eigenvalue weighted by Crippen LogP contribution is 2.28. The Balaban J connectivity index is 2.39.